The molecule has 2 aliphatic rings. The number of halogens is 2. The molecule has 8 aromatic rings. The zero-order valence-corrected chi connectivity index (χ0v) is 41.8. The summed E-state index contributed by atoms with van der Waals surface area (Å²) in [5, 5.41) is 5.40. The van der Waals surface area contributed by atoms with Crippen molar-refractivity contribution < 1.29 is 46.1 Å². The first-order chi connectivity index (χ1) is 30.0. The molecule has 0 amide bonds. The largest absolute Gasteiger partial charge is 1.00 e. The Labute approximate surface area is 401 Å². The fourth-order valence-corrected chi connectivity index (χ4v) is 19.6. The predicted octanol–water partition coefficient (Wildman–Crippen LogP) is 10.1. The molecule has 0 saturated carbocycles. The minimum Gasteiger partial charge on any atom is -1.00 e. The second-order valence-electron chi connectivity index (χ2n) is 19.6. The molecule has 0 nitrogen and oxygen atoms in total. The molecular weight excluding hydrogens is 895 g/mol. The predicted molar refractivity (Wildman–Crippen MR) is 264 cm³/mol. The molecule has 3 heteroatoms. The Balaban J connectivity index is 0.00000280. The average Bonchev–Trinajstić information content (AvgIpc) is 3.92. The van der Waals surface area contributed by atoms with E-state index < -0.39 is 21.3 Å². The third-order valence-electron chi connectivity index (χ3n) is 13.4. The van der Waals surface area contributed by atoms with Crippen molar-refractivity contribution in [1.29, 1.82) is 0 Å². The number of hydrogen-bond acceptors (Lipinski definition) is 0. The van der Waals surface area contributed by atoms with Gasteiger partial charge < -0.3 is 24.8 Å². The van der Waals surface area contributed by atoms with Gasteiger partial charge in [-0.05, 0) is 0 Å². The van der Waals surface area contributed by atoms with Gasteiger partial charge in [-0.3, -0.25) is 0 Å². The topological polar surface area (TPSA) is 0 Å². The maximum absolute atomic E-state index is 2.98. The van der Waals surface area contributed by atoms with Gasteiger partial charge in [0.25, 0.3) is 0 Å². The maximum Gasteiger partial charge on any atom is -1.00 e. The van der Waals surface area contributed by atoms with Gasteiger partial charge in [-0.1, -0.05) is 0 Å². The Morgan fingerprint density at radius 1 is 0.484 bits per heavy atom. The van der Waals surface area contributed by atoms with Gasteiger partial charge in [0.05, 0.1) is 0 Å². The first kappa shape index (κ1) is 45.7. The Kier molecular flexibility index (Phi) is 13.2. The molecule has 0 saturated heterocycles. The van der Waals surface area contributed by atoms with E-state index in [4.69, 9.17) is 0 Å². The Hall–Kier alpha value is -4.91. The molecule has 0 spiro atoms. The number of fused-ring (bicyclic) bond motifs is 5. The van der Waals surface area contributed by atoms with Gasteiger partial charge in [0.1, 0.15) is 0 Å². The third-order valence-corrected chi connectivity index (χ3v) is 21.7. The van der Waals surface area contributed by atoms with Crippen LogP contribution in [0, 0.1) is 0 Å². The van der Waals surface area contributed by atoms with E-state index in [0.717, 1.165) is 19.3 Å². The number of allylic oxidation sites excluding steroid dienone is 4. The van der Waals surface area contributed by atoms with Crippen LogP contribution in [0.3, 0.4) is 0 Å². The zero-order valence-electron chi connectivity index (χ0n) is 37.9. The quantitative estimate of drug-likeness (QED) is 0.142. The van der Waals surface area contributed by atoms with Crippen LogP contribution >= 0.6 is 0 Å². The molecule has 318 valence electrons. The van der Waals surface area contributed by atoms with Crippen molar-refractivity contribution in [2.24, 2.45) is 0 Å². The Morgan fingerprint density at radius 3 is 1.33 bits per heavy atom. The van der Waals surface area contributed by atoms with E-state index in [1.165, 1.54) is 88.3 Å². The van der Waals surface area contributed by atoms with Crippen LogP contribution in [0.25, 0.3) is 54.9 Å². The van der Waals surface area contributed by atoms with E-state index >= 15 is 0 Å². The van der Waals surface area contributed by atoms with Crippen molar-refractivity contribution in [3.8, 4) is 33.4 Å². The molecule has 0 bridgehead atoms. The molecule has 2 aliphatic carbocycles. The fraction of sp³-hybridized carbons (Fsp3) is 0.197. The number of benzene rings is 8. The summed E-state index contributed by atoms with van der Waals surface area (Å²) in [5.74, 6) is 0. The van der Waals surface area contributed by atoms with Crippen molar-refractivity contribution in [3.05, 3.63) is 225 Å². The smallest absolute Gasteiger partial charge is 1.00 e. The molecule has 0 aromatic heterocycles. The van der Waals surface area contributed by atoms with Crippen LogP contribution in [0.2, 0.25) is 0 Å². The minimum atomic E-state index is -2.98. The third kappa shape index (κ3) is 8.65. The summed E-state index contributed by atoms with van der Waals surface area (Å²) in [5.41, 5.74) is 16.9. The molecule has 10 rings (SSSR count). The van der Waals surface area contributed by atoms with Gasteiger partial charge in [-0.25, -0.2) is 0 Å². The summed E-state index contributed by atoms with van der Waals surface area (Å²) in [6.07, 6.45) is 10.3. The SMILES string of the molecule is CC(C)(C)c1cc2c(cc1-c1ccccc1)[CH]([Zr+2]([C]1=CC=CC1)=[C](Cc1cccc3ccccc13)Cc1cccc3ccccc13)c1cc(-c3ccccc3)c(C(C)(C)C)cc1-2.[Cl-].[Cl-]. The van der Waals surface area contributed by atoms with Crippen molar-refractivity contribution >= 4 is 24.8 Å². The minimum absolute atomic E-state index is 0. The molecule has 0 fully saturated rings. The van der Waals surface area contributed by atoms with Gasteiger partial charge >= 0.3 is 379 Å². The summed E-state index contributed by atoms with van der Waals surface area (Å²) < 4.78 is 3.77. The van der Waals surface area contributed by atoms with Gasteiger partial charge in [-0.15, -0.1) is 0 Å². The van der Waals surface area contributed by atoms with Gasteiger partial charge in [0.2, 0.25) is 0 Å². The average molecular weight is 951 g/mol. The van der Waals surface area contributed by atoms with Crippen LogP contribution in [-0.4, -0.2) is 3.21 Å². The molecule has 0 atom stereocenters. The van der Waals surface area contributed by atoms with E-state index in [1.807, 2.05) is 0 Å². The molecule has 0 radical (unpaired) electrons. The Bertz CT molecular complexity index is 2900. The van der Waals surface area contributed by atoms with E-state index in [2.05, 4.69) is 230 Å². The molecule has 0 N–H and O–H groups in total. The van der Waals surface area contributed by atoms with Crippen LogP contribution in [0.1, 0.15) is 85.0 Å². The standard InChI is InChI=1S/C33H33.C23H18.C5H5.2ClH.Zr/c1-32(2,3)30-20-26-24(18-28(30)22-13-9-7-10-14-22)17-25-19-29(23-15-11-8-12-16-23)31(21-27(25)26)33(4,5)6;1-3-16-22-18(8-1)10-5-12-20(22)14-7-15-21-13-6-11-19-9-2-4-17-23(19)21;1-2-4-5-3-1;;;/h7-21H,1-6H3;1-6,8-13,16-17H,14-15H2;1-3H,4H2;2*1H;/q;;;;;+2/p-2. The molecule has 8 aromatic carbocycles. The van der Waals surface area contributed by atoms with Crippen molar-refractivity contribution in [2.45, 2.75) is 75.3 Å². The monoisotopic (exact) mass is 948 g/mol. The van der Waals surface area contributed by atoms with Gasteiger partial charge in [0.15, 0.2) is 0 Å². The fourth-order valence-electron chi connectivity index (χ4n) is 10.5. The van der Waals surface area contributed by atoms with Crippen molar-refractivity contribution in [1.82, 2.24) is 0 Å². The van der Waals surface area contributed by atoms with Crippen LogP contribution < -0.4 is 24.8 Å². The first-order valence-corrected chi connectivity index (χ1v) is 26.4. The summed E-state index contributed by atoms with van der Waals surface area (Å²) >= 11 is -2.98. The van der Waals surface area contributed by atoms with E-state index in [-0.39, 0.29) is 35.6 Å². The summed E-state index contributed by atoms with van der Waals surface area (Å²) in [7, 11) is 0. The van der Waals surface area contributed by atoms with Gasteiger partial charge in [-0.2, -0.15) is 0 Å². The van der Waals surface area contributed by atoms with Crippen LogP contribution in [0.5, 0.6) is 0 Å². The summed E-state index contributed by atoms with van der Waals surface area (Å²) in [6, 6.07) is 65.0. The molecule has 0 heterocycles. The van der Waals surface area contributed by atoms with E-state index in [0.29, 0.717) is 3.63 Å². The second kappa shape index (κ2) is 18.5. The normalized spacial score (nSPS) is 13.1. The van der Waals surface area contributed by atoms with Crippen LogP contribution in [0.4, 0.5) is 0 Å². The summed E-state index contributed by atoms with van der Waals surface area (Å²) in [4.78, 5) is 0. The number of hydrogen-bond donors (Lipinski definition) is 0. The van der Waals surface area contributed by atoms with Crippen molar-refractivity contribution in [2.75, 3.05) is 0 Å². The first-order valence-electron chi connectivity index (χ1n) is 22.5. The molecule has 0 unspecified atom stereocenters. The maximum atomic E-state index is 2.67. The van der Waals surface area contributed by atoms with E-state index in [9.17, 15) is 0 Å². The molecular formula is C61H56Cl2Zr. The van der Waals surface area contributed by atoms with Gasteiger partial charge in [0, 0.05) is 0 Å². The van der Waals surface area contributed by atoms with Crippen molar-refractivity contribution in [3.63, 3.8) is 0 Å². The number of rotatable bonds is 8. The Morgan fingerprint density at radius 2 is 0.906 bits per heavy atom. The van der Waals surface area contributed by atoms with Crippen LogP contribution in [-0.2, 0) is 44.9 Å². The zero-order chi connectivity index (χ0) is 42.6. The van der Waals surface area contributed by atoms with Crippen LogP contribution in [0.15, 0.2) is 191 Å². The second-order valence-corrected chi connectivity index (χ2v) is 26.4. The molecule has 64 heavy (non-hydrogen) atoms. The summed E-state index contributed by atoms with van der Waals surface area (Å²) in [6.45, 7) is 14.4. The van der Waals surface area contributed by atoms with E-state index in [1.54, 1.807) is 6.49 Å². The molecule has 0 aliphatic heterocycles.